The van der Waals surface area contributed by atoms with E-state index in [1.54, 1.807) is 0 Å². The molecule has 0 radical (unpaired) electrons. The Morgan fingerprint density at radius 3 is 2.71 bits per heavy atom. The Labute approximate surface area is 208 Å². The SMILES string of the molecule is CO/N=C(\C(=O)NC1C(=O)N2C(C(=O)O)=C(C[N@+]3(C)CCC(O)[C@@H](O)C3)CS[C@@H]12)c1nsc(N)n1. The van der Waals surface area contributed by atoms with E-state index in [0.29, 0.717) is 35.3 Å². The van der Waals surface area contributed by atoms with Crippen LogP contribution in [0.1, 0.15) is 12.2 Å². The van der Waals surface area contributed by atoms with Gasteiger partial charge < -0.3 is 35.7 Å². The number of anilines is 1. The molecule has 0 saturated carbocycles. The number of fused-ring (bicyclic) bond motifs is 1. The number of likely N-dealkylation sites (N-methyl/N-ethyl adjacent to an activating group) is 1. The van der Waals surface area contributed by atoms with Crippen LogP contribution in [0.4, 0.5) is 5.13 Å². The van der Waals surface area contributed by atoms with Crippen molar-refractivity contribution in [2.24, 2.45) is 5.16 Å². The number of thioether (sulfide) groups is 1. The van der Waals surface area contributed by atoms with E-state index in [1.165, 1.54) is 23.8 Å². The maximum atomic E-state index is 13.0. The average Bonchev–Trinajstić information content (AvgIpc) is 3.23. The van der Waals surface area contributed by atoms with Crippen LogP contribution >= 0.6 is 23.3 Å². The van der Waals surface area contributed by atoms with E-state index in [9.17, 15) is 29.7 Å². The Morgan fingerprint density at radius 1 is 1.37 bits per heavy atom. The number of carbonyl (C=O) groups excluding carboxylic acids is 2. The Morgan fingerprint density at radius 2 is 2.11 bits per heavy atom. The third-order valence-corrected chi connectivity index (χ3v) is 8.08. The molecule has 4 heterocycles. The van der Waals surface area contributed by atoms with E-state index >= 15 is 0 Å². The number of carboxylic acids is 1. The van der Waals surface area contributed by atoms with Gasteiger partial charge in [-0.05, 0) is 0 Å². The summed E-state index contributed by atoms with van der Waals surface area (Å²) in [6.45, 7) is 1.15. The van der Waals surface area contributed by atoms with E-state index in [-0.39, 0.29) is 28.9 Å². The van der Waals surface area contributed by atoms with E-state index in [2.05, 4.69) is 19.8 Å². The van der Waals surface area contributed by atoms with Crippen molar-refractivity contribution in [1.29, 1.82) is 0 Å². The summed E-state index contributed by atoms with van der Waals surface area (Å²) in [5.74, 6) is -2.28. The number of piperidine rings is 1. The topological polar surface area (TPSA) is 201 Å². The highest BCUT2D eigenvalue weighted by Crippen LogP contribution is 2.41. The van der Waals surface area contributed by atoms with Crippen LogP contribution in [0, 0.1) is 0 Å². The lowest BCUT2D eigenvalue weighted by Crippen LogP contribution is -2.71. The van der Waals surface area contributed by atoms with Gasteiger partial charge in [-0.3, -0.25) is 14.5 Å². The average molecular weight is 529 g/mol. The molecule has 35 heavy (non-hydrogen) atoms. The standard InChI is InChI=1S/C19H25N7O7S2/c1-26(4-3-9(27)10(28)6-26)5-8-7-34-17-12(16(30)25(17)13(8)18(31)32)21-15(29)11(23-33-2)14-22-19(20)35-24-14/h9-10,12,17,27-28H,3-7H2,1-2H3,(H3-,20,21,22,24,29,31,32)/p+1/b23-11-/t9?,10-,12?,17-,26-/m0/s1. The molecule has 16 heteroatoms. The van der Waals surface area contributed by atoms with Gasteiger partial charge in [0.15, 0.2) is 5.13 Å². The predicted octanol–water partition coefficient (Wildman–Crippen LogP) is -2.22. The number of quaternary nitrogens is 1. The number of hydrogen-bond donors (Lipinski definition) is 5. The summed E-state index contributed by atoms with van der Waals surface area (Å²) in [5.41, 5.74) is 5.77. The van der Waals surface area contributed by atoms with Crippen molar-refractivity contribution in [3.63, 3.8) is 0 Å². The second-order valence-corrected chi connectivity index (χ2v) is 10.7. The zero-order valence-corrected chi connectivity index (χ0v) is 20.6. The fraction of sp³-hybridized carbons (Fsp3) is 0.579. The summed E-state index contributed by atoms with van der Waals surface area (Å²) in [6.07, 6.45) is -1.31. The fourth-order valence-corrected chi connectivity index (χ4v) is 6.30. The Hall–Kier alpha value is -2.79. The van der Waals surface area contributed by atoms with E-state index < -0.39 is 41.4 Å². The van der Waals surface area contributed by atoms with Gasteiger partial charge in [0.05, 0.1) is 19.7 Å². The molecule has 0 bridgehead atoms. The van der Waals surface area contributed by atoms with Gasteiger partial charge in [0, 0.05) is 29.3 Å². The molecule has 2 unspecified atom stereocenters. The molecule has 5 atom stereocenters. The van der Waals surface area contributed by atoms with Crippen LogP contribution in [0.15, 0.2) is 16.4 Å². The fourth-order valence-electron chi connectivity index (χ4n) is 4.53. The molecule has 2 fully saturated rings. The number of hydrogen-bond acceptors (Lipinski definition) is 12. The highest BCUT2D eigenvalue weighted by molar-refractivity contribution is 8.00. The summed E-state index contributed by atoms with van der Waals surface area (Å²) in [5, 5.41) is 35.6. The minimum atomic E-state index is -1.24. The normalized spacial score (nSPS) is 31.0. The number of nitrogens with zero attached hydrogens (tertiary/aromatic N) is 5. The first-order chi connectivity index (χ1) is 16.5. The second kappa shape index (κ2) is 9.69. The lowest BCUT2D eigenvalue weighted by molar-refractivity contribution is -0.914. The highest BCUT2D eigenvalue weighted by Gasteiger charge is 2.55. The molecule has 0 aromatic carbocycles. The molecule has 190 valence electrons. The molecule has 6 N–H and O–H groups in total. The molecule has 14 nitrogen and oxygen atoms in total. The number of nitrogen functional groups attached to an aromatic ring is 1. The lowest BCUT2D eigenvalue weighted by atomic mass is 9.99. The molecule has 0 aliphatic carbocycles. The van der Waals surface area contributed by atoms with Crippen LogP contribution in [-0.4, -0.2) is 121 Å². The summed E-state index contributed by atoms with van der Waals surface area (Å²) in [4.78, 5) is 47.8. The van der Waals surface area contributed by atoms with Gasteiger partial charge in [0.2, 0.25) is 11.5 Å². The smallest absolute Gasteiger partial charge is 0.352 e. The molecule has 1 aromatic heterocycles. The molecule has 2 amide bonds. The maximum Gasteiger partial charge on any atom is 0.352 e. The number of likely N-dealkylation sites (tertiary alicyclic amines) is 1. The van der Waals surface area contributed by atoms with Crippen molar-refractivity contribution in [3.05, 3.63) is 17.1 Å². The molecule has 4 rings (SSSR count). The van der Waals surface area contributed by atoms with E-state index in [4.69, 9.17) is 10.6 Å². The number of nitrogens with one attached hydrogen (secondary N) is 1. The third-order valence-electron chi connectivity index (χ3n) is 6.20. The Bertz CT molecular complexity index is 1110. The van der Waals surface area contributed by atoms with Gasteiger partial charge in [0.1, 0.15) is 43.4 Å². The van der Waals surface area contributed by atoms with Crippen LogP contribution in [0.5, 0.6) is 0 Å². The zero-order valence-electron chi connectivity index (χ0n) is 18.9. The summed E-state index contributed by atoms with van der Waals surface area (Å²) < 4.78 is 4.28. The van der Waals surface area contributed by atoms with Crippen LogP contribution in [0.3, 0.4) is 0 Å². The number of aromatic nitrogens is 2. The van der Waals surface area contributed by atoms with Crippen LogP contribution in [0.25, 0.3) is 0 Å². The Kier molecular flexibility index (Phi) is 7.01. The minimum Gasteiger partial charge on any atom is -0.477 e. The first-order valence-electron chi connectivity index (χ1n) is 10.7. The van der Waals surface area contributed by atoms with Crippen molar-refractivity contribution in [1.82, 2.24) is 19.6 Å². The number of aliphatic carboxylic acids is 1. The third kappa shape index (κ3) is 4.84. The molecular weight excluding hydrogens is 502 g/mol. The number of β-lactam (4-membered cyclic amide) rings is 1. The molecule has 3 aliphatic heterocycles. The van der Waals surface area contributed by atoms with Gasteiger partial charge in [-0.1, -0.05) is 5.16 Å². The minimum absolute atomic E-state index is 0.0500. The monoisotopic (exact) mass is 528 g/mol. The van der Waals surface area contributed by atoms with Crippen molar-refractivity contribution in [2.75, 3.05) is 45.3 Å². The van der Waals surface area contributed by atoms with Crippen LogP contribution < -0.4 is 11.1 Å². The highest BCUT2D eigenvalue weighted by atomic mass is 32.2. The first-order valence-corrected chi connectivity index (χ1v) is 12.5. The van der Waals surface area contributed by atoms with Gasteiger partial charge in [0.25, 0.3) is 11.8 Å². The summed E-state index contributed by atoms with van der Waals surface area (Å²) >= 11 is 2.21. The van der Waals surface area contributed by atoms with E-state index in [1.807, 2.05) is 7.05 Å². The molecule has 1 aromatic rings. The number of aliphatic hydroxyl groups is 2. The van der Waals surface area contributed by atoms with Gasteiger partial charge in [-0.2, -0.15) is 9.36 Å². The van der Waals surface area contributed by atoms with Crippen LogP contribution in [0.2, 0.25) is 0 Å². The van der Waals surface area contributed by atoms with Gasteiger partial charge in [-0.25, -0.2) is 4.79 Å². The Balaban J connectivity index is 1.51. The number of oxime groups is 1. The molecule has 2 saturated heterocycles. The second-order valence-electron chi connectivity index (χ2n) is 8.80. The maximum absolute atomic E-state index is 13.0. The number of carbonyl (C=O) groups is 3. The molecule has 0 spiro atoms. The predicted molar refractivity (Wildman–Crippen MR) is 125 cm³/mol. The number of rotatable bonds is 7. The lowest BCUT2D eigenvalue weighted by Gasteiger charge is -2.50. The molecule has 3 aliphatic rings. The number of aliphatic hydroxyl groups excluding tert-OH is 2. The van der Waals surface area contributed by atoms with Crippen molar-refractivity contribution in [3.8, 4) is 0 Å². The number of carboxylic acid groups (broad SMARTS) is 1. The largest absolute Gasteiger partial charge is 0.477 e. The van der Waals surface area contributed by atoms with E-state index in [0.717, 1.165) is 11.5 Å². The van der Waals surface area contributed by atoms with Crippen molar-refractivity contribution in [2.45, 2.75) is 30.0 Å². The number of amides is 2. The quantitative estimate of drug-likeness (QED) is 0.111. The van der Waals surface area contributed by atoms with Crippen molar-refractivity contribution < 1.29 is 39.0 Å². The van der Waals surface area contributed by atoms with Gasteiger partial charge >= 0.3 is 5.97 Å². The van der Waals surface area contributed by atoms with Crippen molar-refractivity contribution >= 4 is 51.9 Å². The number of nitrogens with two attached hydrogens (primary N) is 1. The molecular formula is C19H26N7O7S2+. The zero-order chi connectivity index (χ0) is 25.5. The first kappa shape index (κ1) is 25.3. The van der Waals surface area contributed by atoms with Gasteiger partial charge in [-0.15, -0.1) is 11.8 Å². The summed E-state index contributed by atoms with van der Waals surface area (Å²) in [6, 6.07) is -0.974. The summed E-state index contributed by atoms with van der Waals surface area (Å²) in [7, 11) is 3.13. The van der Waals surface area contributed by atoms with Crippen LogP contribution in [-0.2, 0) is 19.2 Å².